The fraction of sp³-hybridized carbons (Fsp3) is 0.167. The van der Waals surface area contributed by atoms with Crippen LogP contribution < -0.4 is 5.32 Å². The molecule has 0 saturated heterocycles. The van der Waals surface area contributed by atoms with Gasteiger partial charge >= 0.3 is 0 Å². The summed E-state index contributed by atoms with van der Waals surface area (Å²) in [4.78, 5) is 11.9. The van der Waals surface area contributed by atoms with Gasteiger partial charge in [0.1, 0.15) is 0 Å². The average Bonchev–Trinajstić information content (AvgIpc) is 3.10. The van der Waals surface area contributed by atoms with E-state index >= 15 is 0 Å². The zero-order chi connectivity index (χ0) is 17.5. The fourth-order valence-corrected chi connectivity index (χ4v) is 2.96. The molecule has 2 aromatic carbocycles. The Morgan fingerprint density at radius 3 is 2.76 bits per heavy atom. The number of rotatable bonds is 7. The van der Waals surface area contributed by atoms with Gasteiger partial charge in [-0.1, -0.05) is 59.8 Å². The number of nitrogens with zero attached hydrogens (tertiary/aromatic N) is 2. The van der Waals surface area contributed by atoms with E-state index in [1.165, 1.54) is 17.3 Å². The monoisotopic (exact) mass is 373 g/mol. The van der Waals surface area contributed by atoms with Crippen LogP contribution in [0.1, 0.15) is 5.56 Å². The number of aromatic nitrogens is 2. The molecule has 3 aromatic rings. The summed E-state index contributed by atoms with van der Waals surface area (Å²) in [6.07, 6.45) is 0.802. The zero-order valence-electron chi connectivity index (χ0n) is 13.3. The second kappa shape index (κ2) is 8.69. The van der Waals surface area contributed by atoms with Crippen molar-refractivity contribution >= 4 is 29.3 Å². The van der Waals surface area contributed by atoms with Crippen molar-refractivity contribution < 1.29 is 9.21 Å². The SMILES string of the molecule is O=C(CSc1nnc(-c2cccc(Cl)c2)o1)NCCc1ccccc1. The molecule has 0 unspecified atom stereocenters. The van der Waals surface area contributed by atoms with Crippen molar-refractivity contribution in [3.05, 3.63) is 65.2 Å². The third kappa shape index (κ3) is 5.34. The number of halogens is 1. The smallest absolute Gasteiger partial charge is 0.277 e. The maximum atomic E-state index is 11.9. The maximum absolute atomic E-state index is 11.9. The third-order valence-electron chi connectivity index (χ3n) is 3.38. The summed E-state index contributed by atoms with van der Waals surface area (Å²) in [5.74, 6) is 0.546. The summed E-state index contributed by atoms with van der Waals surface area (Å²) in [5.41, 5.74) is 1.94. The number of benzene rings is 2. The van der Waals surface area contributed by atoms with Gasteiger partial charge < -0.3 is 9.73 Å². The van der Waals surface area contributed by atoms with Gasteiger partial charge in [0.05, 0.1) is 5.75 Å². The largest absolute Gasteiger partial charge is 0.411 e. The van der Waals surface area contributed by atoms with E-state index in [-0.39, 0.29) is 11.7 Å². The molecule has 5 nitrogen and oxygen atoms in total. The second-order valence-electron chi connectivity index (χ2n) is 5.26. The minimum absolute atomic E-state index is 0.0663. The van der Waals surface area contributed by atoms with E-state index in [2.05, 4.69) is 15.5 Å². The number of hydrogen-bond donors (Lipinski definition) is 1. The van der Waals surface area contributed by atoms with E-state index < -0.39 is 0 Å². The lowest BCUT2D eigenvalue weighted by molar-refractivity contribution is -0.118. The van der Waals surface area contributed by atoms with Crippen LogP contribution in [0.15, 0.2) is 64.2 Å². The van der Waals surface area contributed by atoms with E-state index in [4.69, 9.17) is 16.0 Å². The first-order valence-corrected chi connectivity index (χ1v) is 9.10. The number of hydrogen-bond acceptors (Lipinski definition) is 5. The lowest BCUT2D eigenvalue weighted by Gasteiger charge is -2.04. The molecular formula is C18H16ClN3O2S. The maximum Gasteiger partial charge on any atom is 0.277 e. The molecular weight excluding hydrogens is 358 g/mol. The Morgan fingerprint density at radius 2 is 1.96 bits per heavy atom. The van der Waals surface area contributed by atoms with E-state index in [0.717, 1.165) is 12.0 Å². The number of carbonyl (C=O) groups is 1. The van der Waals surface area contributed by atoms with Gasteiger partial charge in [0.25, 0.3) is 5.22 Å². The summed E-state index contributed by atoms with van der Waals surface area (Å²) in [7, 11) is 0. The van der Waals surface area contributed by atoms with Gasteiger partial charge in [-0.05, 0) is 30.2 Å². The molecule has 7 heteroatoms. The van der Waals surface area contributed by atoms with Crippen molar-refractivity contribution in [1.82, 2.24) is 15.5 Å². The first kappa shape index (κ1) is 17.5. The fourth-order valence-electron chi connectivity index (χ4n) is 2.18. The highest BCUT2D eigenvalue weighted by molar-refractivity contribution is 7.99. The normalized spacial score (nSPS) is 10.6. The molecule has 1 aromatic heterocycles. The van der Waals surface area contributed by atoms with Crippen molar-refractivity contribution in [2.45, 2.75) is 11.6 Å². The van der Waals surface area contributed by atoms with Gasteiger partial charge in [-0.25, -0.2) is 0 Å². The van der Waals surface area contributed by atoms with Crippen LogP contribution in [0, 0.1) is 0 Å². The number of thioether (sulfide) groups is 1. The van der Waals surface area contributed by atoms with Gasteiger partial charge in [-0.3, -0.25) is 4.79 Å². The van der Waals surface area contributed by atoms with Crippen LogP contribution in [0.4, 0.5) is 0 Å². The number of carbonyl (C=O) groups excluding carboxylic acids is 1. The molecule has 0 aliphatic heterocycles. The summed E-state index contributed by atoms with van der Waals surface area (Å²) in [6, 6.07) is 17.2. The van der Waals surface area contributed by atoms with Gasteiger partial charge in [-0.15, -0.1) is 10.2 Å². The van der Waals surface area contributed by atoms with Crippen LogP contribution in [0.3, 0.4) is 0 Å². The molecule has 25 heavy (non-hydrogen) atoms. The predicted octanol–water partition coefficient (Wildman–Crippen LogP) is 3.84. The van der Waals surface area contributed by atoms with Gasteiger partial charge in [-0.2, -0.15) is 0 Å². The van der Waals surface area contributed by atoms with E-state index in [9.17, 15) is 4.79 Å². The van der Waals surface area contributed by atoms with Crippen molar-refractivity contribution in [1.29, 1.82) is 0 Å². The summed E-state index contributed by atoms with van der Waals surface area (Å²) < 4.78 is 5.55. The highest BCUT2D eigenvalue weighted by Gasteiger charge is 2.11. The molecule has 1 amide bonds. The Labute approximate surface area is 154 Å². The standard InChI is InChI=1S/C18H16ClN3O2S/c19-15-8-4-7-14(11-15)17-21-22-18(24-17)25-12-16(23)20-10-9-13-5-2-1-3-6-13/h1-8,11H,9-10,12H2,(H,20,23). The molecule has 3 rings (SSSR count). The predicted molar refractivity (Wildman–Crippen MR) is 98.6 cm³/mol. The zero-order valence-corrected chi connectivity index (χ0v) is 14.9. The van der Waals surface area contributed by atoms with Crippen molar-refractivity contribution in [2.24, 2.45) is 0 Å². The molecule has 0 atom stereocenters. The molecule has 0 spiro atoms. The molecule has 0 fully saturated rings. The first-order chi connectivity index (χ1) is 12.2. The second-order valence-corrected chi connectivity index (χ2v) is 6.62. The van der Waals surface area contributed by atoms with Crippen LogP contribution in [0.25, 0.3) is 11.5 Å². The Bertz CT molecular complexity index is 839. The van der Waals surface area contributed by atoms with Gasteiger partial charge in [0.2, 0.25) is 11.8 Å². The van der Waals surface area contributed by atoms with Crippen LogP contribution in [0.5, 0.6) is 0 Å². The topological polar surface area (TPSA) is 68.0 Å². The highest BCUT2D eigenvalue weighted by atomic mass is 35.5. The first-order valence-electron chi connectivity index (χ1n) is 7.73. The van der Waals surface area contributed by atoms with Crippen LogP contribution in [-0.4, -0.2) is 28.4 Å². The Balaban J connectivity index is 1.45. The summed E-state index contributed by atoms with van der Waals surface area (Å²) in [6.45, 7) is 0.598. The number of nitrogens with one attached hydrogen (secondary N) is 1. The van der Waals surface area contributed by atoms with E-state index in [0.29, 0.717) is 22.7 Å². The van der Waals surface area contributed by atoms with Crippen LogP contribution in [-0.2, 0) is 11.2 Å². The number of amides is 1. The molecule has 1 N–H and O–H groups in total. The quantitative estimate of drug-likeness (QED) is 0.637. The van der Waals surface area contributed by atoms with Gasteiger partial charge in [0.15, 0.2) is 0 Å². The van der Waals surface area contributed by atoms with Crippen LogP contribution in [0.2, 0.25) is 5.02 Å². The molecule has 128 valence electrons. The molecule has 0 radical (unpaired) electrons. The Hall–Kier alpha value is -2.31. The van der Waals surface area contributed by atoms with Gasteiger partial charge in [0, 0.05) is 17.1 Å². The minimum Gasteiger partial charge on any atom is -0.411 e. The Morgan fingerprint density at radius 1 is 1.12 bits per heavy atom. The lowest BCUT2D eigenvalue weighted by atomic mass is 10.1. The van der Waals surface area contributed by atoms with E-state index in [1.54, 1.807) is 12.1 Å². The lowest BCUT2D eigenvalue weighted by Crippen LogP contribution is -2.27. The van der Waals surface area contributed by atoms with Crippen molar-refractivity contribution in [3.8, 4) is 11.5 Å². The highest BCUT2D eigenvalue weighted by Crippen LogP contribution is 2.24. The summed E-state index contributed by atoms with van der Waals surface area (Å²) >= 11 is 7.16. The molecule has 0 saturated carbocycles. The molecule has 0 aliphatic rings. The minimum atomic E-state index is -0.0663. The van der Waals surface area contributed by atoms with Crippen LogP contribution >= 0.6 is 23.4 Å². The molecule has 1 heterocycles. The van der Waals surface area contributed by atoms with Crippen molar-refractivity contribution in [3.63, 3.8) is 0 Å². The summed E-state index contributed by atoms with van der Waals surface area (Å²) in [5, 5.41) is 11.8. The molecule has 0 bridgehead atoms. The van der Waals surface area contributed by atoms with E-state index in [1.807, 2.05) is 42.5 Å². The molecule has 0 aliphatic carbocycles. The van der Waals surface area contributed by atoms with Crippen molar-refractivity contribution in [2.75, 3.05) is 12.3 Å². The average molecular weight is 374 g/mol. The third-order valence-corrected chi connectivity index (χ3v) is 4.44. The Kier molecular flexibility index (Phi) is 6.09.